The maximum Gasteiger partial charge on any atom is 0.227 e. The zero-order valence-corrected chi connectivity index (χ0v) is 17.2. The maximum absolute atomic E-state index is 13.2. The fraction of sp³-hybridized carbons (Fsp3) is 0.348. The number of Topliss-reactive ketones (excluding diaryl/α,β-unsaturated/α-hetero) is 2. The summed E-state index contributed by atoms with van der Waals surface area (Å²) >= 11 is 0. The number of hydrogen-bond donors (Lipinski definition) is 0. The predicted molar refractivity (Wildman–Crippen MR) is 113 cm³/mol. The van der Waals surface area contributed by atoms with E-state index < -0.39 is 0 Å². The topological polar surface area (TPSA) is 102 Å². The van der Waals surface area contributed by atoms with Crippen molar-refractivity contribution < 1.29 is 18.4 Å². The minimum atomic E-state index is -0.345. The van der Waals surface area contributed by atoms with Crippen LogP contribution in [0.2, 0.25) is 0 Å². The van der Waals surface area contributed by atoms with Crippen molar-refractivity contribution in [2.45, 2.75) is 32.2 Å². The lowest BCUT2D eigenvalue weighted by atomic mass is 9.94. The fourth-order valence-electron chi connectivity index (χ4n) is 4.27. The third-order valence-corrected chi connectivity index (χ3v) is 5.87. The molecule has 4 heterocycles. The van der Waals surface area contributed by atoms with Crippen LogP contribution < -0.4 is 0 Å². The summed E-state index contributed by atoms with van der Waals surface area (Å²) in [4.78, 5) is 42.0. The highest BCUT2D eigenvalue weighted by Gasteiger charge is 2.35. The lowest BCUT2D eigenvalue weighted by molar-refractivity contribution is 0.0957. The van der Waals surface area contributed by atoms with Gasteiger partial charge in [0, 0.05) is 6.04 Å². The van der Waals surface area contributed by atoms with E-state index in [1.54, 1.807) is 24.3 Å². The zero-order chi connectivity index (χ0) is 21.4. The molecule has 1 fully saturated rings. The highest BCUT2D eigenvalue weighted by Crippen LogP contribution is 2.32. The summed E-state index contributed by atoms with van der Waals surface area (Å²) in [7, 11) is 0. The van der Waals surface area contributed by atoms with E-state index in [1.807, 2.05) is 0 Å². The van der Waals surface area contributed by atoms with Crippen LogP contribution in [0.1, 0.15) is 47.2 Å². The van der Waals surface area contributed by atoms with Crippen LogP contribution in [-0.4, -0.2) is 57.8 Å². The van der Waals surface area contributed by atoms with Crippen LogP contribution in [0.5, 0.6) is 0 Å². The summed E-state index contributed by atoms with van der Waals surface area (Å²) in [6, 6.07) is 7.22. The Morgan fingerprint density at radius 3 is 2.32 bits per heavy atom. The molecular formula is C23H22N4O4. The smallest absolute Gasteiger partial charge is 0.227 e. The van der Waals surface area contributed by atoms with Gasteiger partial charge in [-0.05, 0) is 50.2 Å². The monoisotopic (exact) mass is 418 g/mol. The number of fused-ring (bicyclic) bond motifs is 1. The third kappa shape index (κ3) is 3.53. The molecule has 0 aromatic carbocycles. The van der Waals surface area contributed by atoms with Crippen molar-refractivity contribution in [1.29, 1.82) is 0 Å². The maximum atomic E-state index is 13.2. The first-order valence-electron chi connectivity index (χ1n) is 10.5. The molecule has 158 valence electrons. The van der Waals surface area contributed by atoms with Gasteiger partial charge < -0.3 is 8.83 Å². The van der Waals surface area contributed by atoms with Gasteiger partial charge in [0.1, 0.15) is 22.8 Å². The van der Waals surface area contributed by atoms with E-state index in [0.29, 0.717) is 35.5 Å². The summed E-state index contributed by atoms with van der Waals surface area (Å²) in [6.45, 7) is 4.65. The van der Waals surface area contributed by atoms with Gasteiger partial charge in [-0.1, -0.05) is 6.92 Å². The number of hydrogen-bond acceptors (Lipinski definition) is 8. The van der Waals surface area contributed by atoms with Crippen molar-refractivity contribution in [2.24, 2.45) is 4.99 Å². The second-order valence-corrected chi connectivity index (χ2v) is 7.71. The lowest BCUT2D eigenvalue weighted by Gasteiger charge is -2.22. The molecule has 0 spiro atoms. The van der Waals surface area contributed by atoms with Crippen molar-refractivity contribution in [3.05, 3.63) is 48.2 Å². The SMILES string of the molecule is CCN1CCC[C@H]1CN=C1CC(=O)c2nc(-c3ccco3)c(-c3ccco3)nc2C1=O. The summed E-state index contributed by atoms with van der Waals surface area (Å²) in [5.41, 5.74) is 1.06. The van der Waals surface area contributed by atoms with Crippen LogP contribution >= 0.6 is 0 Å². The second kappa shape index (κ2) is 8.03. The van der Waals surface area contributed by atoms with Crippen molar-refractivity contribution >= 4 is 17.3 Å². The van der Waals surface area contributed by atoms with Gasteiger partial charge in [-0.25, -0.2) is 9.97 Å². The van der Waals surface area contributed by atoms with E-state index in [-0.39, 0.29) is 35.1 Å². The van der Waals surface area contributed by atoms with Gasteiger partial charge in [-0.15, -0.1) is 0 Å². The first-order chi connectivity index (χ1) is 15.2. The minimum Gasteiger partial charge on any atom is -0.463 e. The number of carbonyl (C=O) groups is 2. The molecule has 0 amide bonds. The quantitative estimate of drug-likeness (QED) is 0.623. The molecule has 3 aromatic rings. The largest absolute Gasteiger partial charge is 0.463 e. The molecule has 0 saturated carbocycles. The Labute approximate surface area is 179 Å². The summed E-state index contributed by atoms with van der Waals surface area (Å²) in [6.07, 6.45) is 5.16. The average Bonchev–Trinajstić information content (AvgIpc) is 3.56. The van der Waals surface area contributed by atoms with E-state index in [9.17, 15) is 9.59 Å². The predicted octanol–water partition coefficient (Wildman–Crippen LogP) is 3.69. The first kappa shape index (κ1) is 19.6. The number of likely N-dealkylation sites (N-methyl/N-ethyl adjacent to an activating group) is 1. The molecule has 0 N–H and O–H groups in total. The molecule has 8 heteroatoms. The summed E-state index contributed by atoms with van der Waals surface area (Å²) < 4.78 is 11.0. The Morgan fingerprint density at radius 1 is 1.03 bits per heavy atom. The van der Waals surface area contributed by atoms with Crippen LogP contribution in [0.3, 0.4) is 0 Å². The van der Waals surface area contributed by atoms with Crippen molar-refractivity contribution in [1.82, 2.24) is 14.9 Å². The number of carbonyl (C=O) groups excluding carboxylic acids is 2. The molecule has 3 aromatic heterocycles. The van der Waals surface area contributed by atoms with Crippen LogP contribution in [-0.2, 0) is 0 Å². The van der Waals surface area contributed by atoms with Gasteiger partial charge in [0.25, 0.3) is 0 Å². The van der Waals surface area contributed by atoms with E-state index in [2.05, 4.69) is 26.8 Å². The number of likely N-dealkylation sites (tertiary alicyclic amines) is 1. The summed E-state index contributed by atoms with van der Waals surface area (Å²) in [5, 5.41) is 0. The Hall–Kier alpha value is -3.39. The van der Waals surface area contributed by atoms with Gasteiger partial charge in [0.15, 0.2) is 17.3 Å². The van der Waals surface area contributed by atoms with Crippen LogP contribution in [0.4, 0.5) is 0 Å². The number of aliphatic imine (C=N–C) groups is 1. The van der Waals surface area contributed by atoms with Gasteiger partial charge in [0.05, 0.1) is 31.2 Å². The van der Waals surface area contributed by atoms with Gasteiger partial charge in [-0.2, -0.15) is 0 Å². The van der Waals surface area contributed by atoms with E-state index >= 15 is 0 Å². The Balaban J connectivity index is 1.54. The van der Waals surface area contributed by atoms with Crippen LogP contribution in [0.15, 0.2) is 50.6 Å². The molecule has 0 radical (unpaired) electrons. The number of furan rings is 2. The fourth-order valence-corrected chi connectivity index (χ4v) is 4.27. The molecule has 1 atom stereocenters. The Bertz CT molecular complexity index is 1150. The molecule has 1 aliphatic heterocycles. The Morgan fingerprint density at radius 2 is 1.71 bits per heavy atom. The zero-order valence-electron chi connectivity index (χ0n) is 17.2. The lowest BCUT2D eigenvalue weighted by Crippen LogP contribution is -2.34. The van der Waals surface area contributed by atoms with Crippen molar-refractivity contribution in [2.75, 3.05) is 19.6 Å². The van der Waals surface area contributed by atoms with Crippen LogP contribution in [0, 0.1) is 0 Å². The third-order valence-electron chi connectivity index (χ3n) is 5.87. The molecule has 2 aliphatic rings. The normalized spacial score (nSPS) is 20.5. The number of nitrogens with zero attached hydrogens (tertiary/aromatic N) is 4. The second-order valence-electron chi connectivity index (χ2n) is 7.71. The van der Waals surface area contributed by atoms with Gasteiger partial charge in [0.2, 0.25) is 5.78 Å². The van der Waals surface area contributed by atoms with Crippen LogP contribution in [0.25, 0.3) is 22.9 Å². The molecule has 0 bridgehead atoms. The average molecular weight is 418 g/mol. The minimum absolute atomic E-state index is 0.0236. The molecule has 0 unspecified atom stereocenters. The molecule has 1 saturated heterocycles. The number of rotatable bonds is 5. The van der Waals surface area contributed by atoms with E-state index in [4.69, 9.17) is 8.83 Å². The molecule has 31 heavy (non-hydrogen) atoms. The molecular weight excluding hydrogens is 396 g/mol. The highest BCUT2D eigenvalue weighted by molar-refractivity contribution is 6.52. The summed E-state index contributed by atoms with van der Waals surface area (Å²) in [5.74, 6) is 0.276. The van der Waals surface area contributed by atoms with Gasteiger partial charge in [-0.3, -0.25) is 19.5 Å². The van der Waals surface area contributed by atoms with E-state index in [0.717, 1.165) is 25.9 Å². The number of ketones is 2. The molecule has 8 nitrogen and oxygen atoms in total. The Kier molecular flexibility index (Phi) is 5.07. The van der Waals surface area contributed by atoms with Crippen molar-refractivity contribution in [3.8, 4) is 22.9 Å². The number of aromatic nitrogens is 2. The molecule has 5 rings (SSSR count). The highest BCUT2D eigenvalue weighted by atomic mass is 16.3. The van der Waals surface area contributed by atoms with Gasteiger partial charge >= 0.3 is 0 Å². The first-order valence-corrected chi connectivity index (χ1v) is 10.5. The van der Waals surface area contributed by atoms with E-state index in [1.165, 1.54) is 12.5 Å². The van der Waals surface area contributed by atoms with Crippen molar-refractivity contribution in [3.63, 3.8) is 0 Å². The standard InChI is InChI=1S/C23H22N4O4/c1-2-27-9-3-6-14(27)13-24-15-12-16(28)19-22(23(15)29)26-21(18-8-5-11-31-18)20(25-19)17-7-4-10-30-17/h4-5,7-8,10-11,14H,2-3,6,9,12-13H2,1H3/t14-/m0/s1. The molecule has 1 aliphatic carbocycles.